The van der Waals surface area contributed by atoms with E-state index in [1.54, 1.807) is 0 Å². The molecule has 1 heterocycles. The van der Waals surface area contributed by atoms with E-state index in [2.05, 4.69) is 29.2 Å². The predicted molar refractivity (Wildman–Crippen MR) is 87.5 cm³/mol. The second-order valence-corrected chi connectivity index (χ2v) is 7.53. The molecule has 0 radical (unpaired) electrons. The third kappa shape index (κ3) is 2.36. The molecule has 0 spiro atoms. The molecule has 3 fully saturated rings. The monoisotopic (exact) mass is 298 g/mol. The molecular formula is C19H26N2O. The van der Waals surface area contributed by atoms with Gasteiger partial charge in [-0.15, -0.1) is 0 Å². The van der Waals surface area contributed by atoms with E-state index in [-0.39, 0.29) is 11.0 Å². The minimum absolute atomic E-state index is 0.113. The molecule has 0 aromatic heterocycles. The van der Waals surface area contributed by atoms with Crippen LogP contribution >= 0.6 is 0 Å². The minimum atomic E-state index is -0.231. The van der Waals surface area contributed by atoms with Crippen LogP contribution in [0.15, 0.2) is 24.3 Å². The van der Waals surface area contributed by atoms with Crippen LogP contribution in [0.1, 0.15) is 62.5 Å². The lowest BCUT2D eigenvalue weighted by Gasteiger charge is -2.27. The zero-order valence-electron chi connectivity index (χ0n) is 13.3. The first-order chi connectivity index (χ1) is 10.6. The van der Waals surface area contributed by atoms with Gasteiger partial charge in [-0.2, -0.15) is 0 Å². The molecule has 0 unspecified atom stereocenters. The third-order valence-electron chi connectivity index (χ3n) is 5.83. The molecule has 2 N–H and O–H groups in total. The highest BCUT2D eigenvalue weighted by molar-refractivity contribution is 5.91. The SMILES string of the molecule is NC1(c2cccc(C3(C(=O)N4CCCCCC4)CC3)c2)CC1. The Kier molecular flexibility index (Phi) is 3.30. The molecule has 22 heavy (non-hydrogen) atoms. The standard InChI is InChI=1S/C19H26N2O/c20-19(10-11-19)16-7-5-6-15(14-16)18(8-9-18)17(22)21-12-3-1-2-4-13-21/h5-7,14H,1-4,8-13,20H2. The Morgan fingerprint density at radius 3 is 2.18 bits per heavy atom. The van der Waals surface area contributed by atoms with E-state index in [9.17, 15) is 4.79 Å². The molecule has 0 atom stereocenters. The molecule has 2 saturated carbocycles. The number of nitrogens with zero attached hydrogens (tertiary/aromatic N) is 1. The fourth-order valence-electron chi connectivity index (χ4n) is 3.88. The van der Waals surface area contributed by atoms with Crippen LogP contribution in [0.3, 0.4) is 0 Å². The maximum absolute atomic E-state index is 13.1. The highest BCUT2D eigenvalue weighted by Crippen LogP contribution is 2.51. The zero-order valence-corrected chi connectivity index (χ0v) is 13.3. The molecule has 4 rings (SSSR count). The van der Waals surface area contributed by atoms with Crippen molar-refractivity contribution >= 4 is 5.91 Å². The van der Waals surface area contributed by atoms with Crippen LogP contribution in [-0.2, 0) is 15.7 Å². The fraction of sp³-hybridized carbons (Fsp3) is 0.632. The first-order valence-electron chi connectivity index (χ1n) is 8.83. The van der Waals surface area contributed by atoms with Crippen LogP contribution in [-0.4, -0.2) is 23.9 Å². The first kappa shape index (κ1) is 14.3. The van der Waals surface area contributed by atoms with Crippen LogP contribution in [0, 0.1) is 0 Å². The van der Waals surface area contributed by atoms with Gasteiger partial charge in [-0.25, -0.2) is 0 Å². The first-order valence-corrected chi connectivity index (χ1v) is 8.83. The van der Waals surface area contributed by atoms with Crippen molar-refractivity contribution in [1.29, 1.82) is 0 Å². The highest BCUT2D eigenvalue weighted by Gasteiger charge is 2.53. The summed E-state index contributed by atoms with van der Waals surface area (Å²) in [6.07, 6.45) is 9.01. The van der Waals surface area contributed by atoms with Crippen LogP contribution in [0.5, 0.6) is 0 Å². The van der Waals surface area contributed by atoms with Crippen molar-refractivity contribution in [2.45, 2.75) is 62.3 Å². The number of likely N-dealkylation sites (tertiary alicyclic amines) is 1. The summed E-state index contributed by atoms with van der Waals surface area (Å²) < 4.78 is 0. The van der Waals surface area contributed by atoms with Gasteiger partial charge in [0.25, 0.3) is 0 Å². The molecular weight excluding hydrogens is 272 g/mol. The molecule has 1 amide bonds. The molecule has 1 saturated heterocycles. The molecule has 3 heteroatoms. The van der Waals surface area contributed by atoms with Crippen molar-refractivity contribution in [2.75, 3.05) is 13.1 Å². The fourth-order valence-corrected chi connectivity index (χ4v) is 3.88. The van der Waals surface area contributed by atoms with Crippen LogP contribution in [0.2, 0.25) is 0 Å². The van der Waals surface area contributed by atoms with Gasteiger partial charge in [0, 0.05) is 18.6 Å². The number of benzene rings is 1. The van der Waals surface area contributed by atoms with Gasteiger partial charge in [0.1, 0.15) is 0 Å². The van der Waals surface area contributed by atoms with Crippen molar-refractivity contribution in [3.8, 4) is 0 Å². The van der Waals surface area contributed by atoms with E-state index in [1.165, 1.54) is 24.0 Å². The molecule has 1 aromatic carbocycles. The maximum Gasteiger partial charge on any atom is 0.233 e. The Bertz CT molecular complexity index is 579. The van der Waals surface area contributed by atoms with E-state index in [0.29, 0.717) is 5.91 Å². The van der Waals surface area contributed by atoms with Crippen molar-refractivity contribution in [3.05, 3.63) is 35.4 Å². The van der Waals surface area contributed by atoms with Crippen molar-refractivity contribution in [3.63, 3.8) is 0 Å². The van der Waals surface area contributed by atoms with Crippen LogP contribution in [0.25, 0.3) is 0 Å². The van der Waals surface area contributed by atoms with Gasteiger partial charge in [0.15, 0.2) is 0 Å². The summed E-state index contributed by atoms with van der Waals surface area (Å²) in [4.78, 5) is 15.2. The second kappa shape index (κ2) is 5.09. The summed E-state index contributed by atoms with van der Waals surface area (Å²) in [5.41, 5.74) is 8.43. The summed E-state index contributed by atoms with van der Waals surface area (Å²) in [5.74, 6) is 0.369. The average molecular weight is 298 g/mol. The van der Waals surface area contributed by atoms with Crippen molar-refractivity contribution in [2.24, 2.45) is 5.73 Å². The van der Waals surface area contributed by atoms with E-state index < -0.39 is 0 Å². The number of hydrogen-bond acceptors (Lipinski definition) is 2. The average Bonchev–Trinajstić information content (AvgIpc) is 3.42. The topological polar surface area (TPSA) is 46.3 Å². The van der Waals surface area contributed by atoms with Gasteiger partial charge in [0.05, 0.1) is 5.41 Å². The quantitative estimate of drug-likeness (QED) is 0.932. The maximum atomic E-state index is 13.1. The Labute approximate surface area is 132 Å². The molecule has 3 aliphatic rings. The van der Waals surface area contributed by atoms with Gasteiger partial charge in [-0.1, -0.05) is 37.1 Å². The Morgan fingerprint density at radius 2 is 1.59 bits per heavy atom. The Balaban J connectivity index is 1.59. The smallest absolute Gasteiger partial charge is 0.233 e. The number of rotatable bonds is 3. The number of carbonyl (C=O) groups is 1. The number of nitrogens with two attached hydrogens (primary N) is 1. The van der Waals surface area contributed by atoms with Gasteiger partial charge in [-0.3, -0.25) is 4.79 Å². The summed E-state index contributed by atoms with van der Waals surface area (Å²) >= 11 is 0. The lowest BCUT2D eigenvalue weighted by atomic mass is 9.90. The molecule has 2 aliphatic carbocycles. The van der Waals surface area contributed by atoms with E-state index in [1.807, 2.05) is 0 Å². The Hall–Kier alpha value is -1.35. The summed E-state index contributed by atoms with van der Waals surface area (Å²) in [6.45, 7) is 1.89. The molecule has 1 aromatic rings. The van der Waals surface area contributed by atoms with E-state index >= 15 is 0 Å². The normalized spacial score (nSPS) is 25.4. The summed E-state index contributed by atoms with van der Waals surface area (Å²) in [7, 11) is 0. The van der Waals surface area contributed by atoms with Crippen molar-refractivity contribution in [1.82, 2.24) is 4.90 Å². The largest absolute Gasteiger partial charge is 0.342 e. The minimum Gasteiger partial charge on any atom is -0.342 e. The lowest BCUT2D eigenvalue weighted by molar-refractivity contribution is -0.133. The van der Waals surface area contributed by atoms with Crippen molar-refractivity contribution < 1.29 is 4.79 Å². The van der Waals surface area contributed by atoms with Crippen LogP contribution < -0.4 is 5.73 Å². The van der Waals surface area contributed by atoms with Gasteiger partial charge in [-0.05, 0) is 49.7 Å². The molecule has 0 bridgehead atoms. The molecule has 118 valence electrons. The zero-order chi connectivity index (χ0) is 15.2. The van der Waals surface area contributed by atoms with E-state index in [0.717, 1.165) is 51.6 Å². The lowest BCUT2D eigenvalue weighted by Crippen LogP contribution is -2.40. The summed E-state index contributed by atoms with van der Waals surface area (Å²) in [6, 6.07) is 8.57. The number of amides is 1. The van der Waals surface area contributed by atoms with E-state index in [4.69, 9.17) is 5.73 Å². The van der Waals surface area contributed by atoms with Crippen LogP contribution in [0.4, 0.5) is 0 Å². The van der Waals surface area contributed by atoms with Gasteiger partial charge in [0.2, 0.25) is 5.91 Å². The summed E-state index contributed by atoms with van der Waals surface area (Å²) in [5, 5.41) is 0. The number of hydrogen-bond donors (Lipinski definition) is 1. The Morgan fingerprint density at radius 1 is 0.955 bits per heavy atom. The third-order valence-corrected chi connectivity index (χ3v) is 5.83. The second-order valence-electron chi connectivity index (χ2n) is 7.53. The van der Waals surface area contributed by atoms with Gasteiger partial charge < -0.3 is 10.6 Å². The van der Waals surface area contributed by atoms with Gasteiger partial charge >= 0.3 is 0 Å². The predicted octanol–water partition coefficient (Wildman–Crippen LogP) is 3.07. The number of carbonyl (C=O) groups excluding carboxylic acids is 1. The highest BCUT2D eigenvalue weighted by atomic mass is 16.2. The molecule has 3 nitrogen and oxygen atoms in total. The molecule has 1 aliphatic heterocycles.